The van der Waals surface area contributed by atoms with E-state index in [1.807, 2.05) is 51.1 Å². The van der Waals surface area contributed by atoms with Crippen molar-refractivity contribution in [2.75, 3.05) is 20.3 Å². The summed E-state index contributed by atoms with van der Waals surface area (Å²) in [5.41, 5.74) is 2.26. The maximum absolute atomic E-state index is 13.1. The molecule has 0 aromatic heterocycles. The van der Waals surface area contributed by atoms with E-state index in [2.05, 4.69) is 13.8 Å². The minimum atomic E-state index is -0.669. The second kappa shape index (κ2) is 10.8. The van der Waals surface area contributed by atoms with Crippen molar-refractivity contribution >= 4 is 17.4 Å². The third-order valence-electron chi connectivity index (χ3n) is 5.91. The minimum Gasteiger partial charge on any atom is -0.507 e. The summed E-state index contributed by atoms with van der Waals surface area (Å²) in [5, 5.41) is 11.3. The Labute approximate surface area is 202 Å². The monoisotopic (exact) mass is 465 g/mol. The van der Waals surface area contributed by atoms with Crippen molar-refractivity contribution in [3.63, 3.8) is 0 Å². The van der Waals surface area contributed by atoms with Gasteiger partial charge in [0, 0.05) is 12.1 Å². The summed E-state index contributed by atoms with van der Waals surface area (Å²) in [4.78, 5) is 27.6. The third-order valence-corrected chi connectivity index (χ3v) is 5.91. The predicted octanol–water partition coefficient (Wildman–Crippen LogP) is 5.69. The predicted molar refractivity (Wildman–Crippen MR) is 133 cm³/mol. The van der Waals surface area contributed by atoms with Crippen molar-refractivity contribution in [1.29, 1.82) is 0 Å². The molecule has 0 radical (unpaired) electrons. The van der Waals surface area contributed by atoms with Gasteiger partial charge in [-0.2, -0.15) is 0 Å². The molecule has 6 heteroatoms. The van der Waals surface area contributed by atoms with Gasteiger partial charge in [0.15, 0.2) is 0 Å². The number of carbonyl (C=O) groups excluding carboxylic acids is 2. The van der Waals surface area contributed by atoms with Gasteiger partial charge >= 0.3 is 0 Å². The standard InChI is InChI=1S/C28H35NO5/c1-7-14-29-25(19-8-11-21(12-9-19)34-16-17(2)3)24(27(31)28(29)32)26(30)20-10-13-23(33-6)22(15-20)18(4)5/h8-13,15,17-18,25,30H,7,14,16H2,1-6H3/b26-24-. The van der Waals surface area contributed by atoms with E-state index in [1.165, 1.54) is 0 Å². The molecule has 34 heavy (non-hydrogen) atoms. The maximum atomic E-state index is 13.1. The molecule has 1 atom stereocenters. The molecule has 2 aromatic rings. The highest BCUT2D eigenvalue weighted by Gasteiger charge is 2.45. The van der Waals surface area contributed by atoms with E-state index in [1.54, 1.807) is 24.1 Å². The molecule has 1 aliphatic heterocycles. The summed E-state index contributed by atoms with van der Waals surface area (Å²) in [6, 6.07) is 12.1. The Morgan fingerprint density at radius 1 is 1.06 bits per heavy atom. The molecule has 2 aromatic carbocycles. The average molecular weight is 466 g/mol. The number of benzene rings is 2. The van der Waals surface area contributed by atoms with Crippen molar-refractivity contribution in [2.24, 2.45) is 5.92 Å². The quantitative estimate of drug-likeness (QED) is 0.293. The maximum Gasteiger partial charge on any atom is 0.295 e. The van der Waals surface area contributed by atoms with Gasteiger partial charge in [-0.3, -0.25) is 9.59 Å². The Bertz CT molecular complexity index is 1070. The van der Waals surface area contributed by atoms with Gasteiger partial charge in [0.05, 0.1) is 25.3 Å². The molecule has 1 aliphatic rings. The van der Waals surface area contributed by atoms with Crippen LogP contribution in [-0.2, 0) is 9.59 Å². The number of amides is 1. The van der Waals surface area contributed by atoms with Crippen molar-refractivity contribution in [3.8, 4) is 11.5 Å². The first-order valence-corrected chi connectivity index (χ1v) is 11.9. The minimum absolute atomic E-state index is 0.106. The van der Waals surface area contributed by atoms with Crippen molar-refractivity contribution in [1.82, 2.24) is 4.90 Å². The Balaban J connectivity index is 2.10. The van der Waals surface area contributed by atoms with Crippen LogP contribution in [0.1, 0.15) is 69.7 Å². The Hall–Kier alpha value is -3.28. The molecular weight excluding hydrogens is 430 g/mol. The number of hydrogen-bond donors (Lipinski definition) is 1. The van der Waals surface area contributed by atoms with Crippen LogP contribution in [0.2, 0.25) is 0 Å². The van der Waals surface area contributed by atoms with Crippen LogP contribution >= 0.6 is 0 Å². The molecule has 1 fully saturated rings. The molecule has 1 N–H and O–H groups in total. The Morgan fingerprint density at radius 2 is 1.74 bits per heavy atom. The van der Waals surface area contributed by atoms with Crippen LogP contribution < -0.4 is 9.47 Å². The molecule has 1 amide bonds. The van der Waals surface area contributed by atoms with Crippen LogP contribution in [0.25, 0.3) is 5.76 Å². The average Bonchev–Trinajstić information content (AvgIpc) is 3.07. The number of aliphatic hydroxyl groups is 1. The molecule has 1 heterocycles. The van der Waals surface area contributed by atoms with E-state index in [4.69, 9.17) is 9.47 Å². The van der Waals surface area contributed by atoms with Gasteiger partial charge in [0.1, 0.15) is 17.3 Å². The van der Waals surface area contributed by atoms with Crippen LogP contribution in [0.15, 0.2) is 48.0 Å². The summed E-state index contributed by atoms with van der Waals surface area (Å²) in [6.07, 6.45) is 0.694. The fourth-order valence-corrected chi connectivity index (χ4v) is 4.20. The topological polar surface area (TPSA) is 76.1 Å². The van der Waals surface area contributed by atoms with E-state index in [0.29, 0.717) is 36.8 Å². The number of ketones is 1. The number of carbonyl (C=O) groups is 2. The van der Waals surface area contributed by atoms with Gasteiger partial charge in [-0.25, -0.2) is 0 Å². The molecule has 3 rings (SSSR count). The van der Waals surface area contributed by atoms with E-state index < -0.39 is 17.7 Å². The van der Waals surface area contributed by atoms with Gasteiger partial charge in [-0.15, -0.1) is 0 Å². The van der Waals surface area contributed by atoms with E-state index in [9.17, 15) is 14.7 Å². The summed E-state index contributed by atoms with van der Waals surface area (Å²) < 4.78 is 11.2. The smallest absolute Gasteiger partial charge is 0.295 e. The number of Topliss-reactive ketones (excluding diaryl/α,β-unsaturated/α-hetero) is 1. The second-order valence-corrected chi connectivity index (χ2v) is 9.38. The summed E-state index contributed by atoms with van der Waals surface area (Å²) >= 11 is 0. The zero-order valence-electron chi connectivity index (χ0n) is 20.9. The summed E-state index contributed by atoms with van der Waals surface area (Å²) in [7, 11) is 1.60. The first-order valence-electron chi connectivity index (χ1n) is 11.9. The molecule has 0 aliphatic carbocycles. The lowest BCUT2D eigenvalue weighted by atomic mass is 9.93. The number of hydrogen-bond acceptors (Lipinski definition) is 5. The van der Waals surface area contributed by atoms with Gasteiger partial charge in [0.2, 0.25) is 0 Å². The number of nitrogens with zero attached hydrogens (tertiary/aromatic N) is 1. The molecule has 0 spiro atoms. The number of likely N-dealkylation sites (tertiary alicyclic amines) is 1. The first kappa shape index (κ1) is 25.3. The summed E-state index contributed by atoms with van der Waals surface area (Å²) in [5.74, 6) is 0.555. The zero-order chi connectivity index (χ0) is 25.0. The largest absolute Gasteiger partial charge is 0.507 e. The molecular formula is C28H35NO5. The van der Waals surface area contributed by atoms with Gasteiger partial charge in [-0.1, -0.05) is 46.8 Å². The van der Waals surface area contributed by atoms with Gasteiger partial charge in [-0.05, 0) is 59.7 Å². The van der Waals surface area contributed by atoms with Crippen LogP contribution in [0.5, 0.6) is 11.5 Å². The second-order valence-electron chi connectivity index (χ2n) is 9.38. The fraction of sp³-hybridized carbons (Fsp3) is 0.429. The number of ether oxygens (including phenoxy) is 2. The van der Waals surface area contributed by atoms with Crippen LogP contribution in [0, 0.1) is 5.92 Å². The summed E-state index contributed by atoms with van der Waals surface area (Å²) in [6.45, 7) is 11.2. The van der Waals surface area contributed by atoms with E-state index in [0.717, 1.165) is 16.9 Å². The van der Waals surface area contributed by atoms with E-state index >= 15 is 0 Å². The highest BCUT2D eigenvalue weighted by Crippen LogP contribution is 2.40. The van der Waals surface area contributed by atoms with Crippen molar-refractivity contribution in [2.45, 2.75) is 53.0 Å². The van der Waals surface area contributed by atoms with Crippen LogP contribution in [0.3, 0.4) is 0 Å². The molecule has 0 bridgehead atoms. The first-order chi connectivity index (χ1) is 16.2. The SMILES string of the molecule is CCCN1C(=O)C(=O)/C(=C(\O)c2ccc(OC)c(C(C)C)c2)C1c1ccc(OCC(C)C)cc1. The Kier molecular flexibility index (Phi) is 8.02. The normalized spacial score (nSPS) is 17.6. The highest BCUT2D eigenvalue weighted by atomic mass is 16.5. The number of aliphatic hydroxyl groups excluding tert-OH is 1. The van der Waals surface area contributed by atoms with Gasteiger partial charge < -0.3 is 19.5 Å². The molecule has 6 nitrogen and oxygen atoms in total. The lowest BCUT2D eigenvalue weighted by Crippen LogP contribution is -2.30. The van der Waals surface area contributed by atoms with E-state index in [-0.39, 0.29) is 17.3 Å². The number of methoxy groups -OCH3 is 1. The van der Waals surface area contributed by atoms with Crippen molar-refractivity contribution < 1.29 is 24.2 Å². The fourth-order valence-electron chi connectivity index (χ4n) is 4.20. The van der Waals surface area contributed by atoms with Crippen molar-refractivity contribution in [3.05, 3.63) is 64.7 Å². The van der Waals surface area contributed by atoms with Crippen LogP contribution in [-0.4, -0.2) is 42.0 Å². The van der Waals surface area contributed by atoms with Gasteiger partial charge in [0.25, 0.3) is 11.7 Å². The number of rotatable bonds is 9. The molecule has 1 unspecified atom stereocenters. The highest BCUT2D eigenvalue weighted by molar-refractivity contribution is 6.46. The molecule has 1 saturated heterocycles. The zero-order valence-corrected chi connectivity index (χ0v) is 20.9. The van der Waals surface area contributed by atoms with Crippen LogP contribution in [0.4, 0.5) is 0 Å². The molecule has 182 valence electrons. The lowest BCUT2D eigenvalue weighted by molar-refractivity contribution is -0.139. The molecule has 0 saturated carbocycles. The Morgan fingerprint density at radius 3 is 2.29 bits per heavy atom. The lowest BCUT2D eigenvalue weighted by Gasteiger charge is -2.25. The third kappa shape index (κ3) is 5.11.